The SMILES string of the molecule is CCN1CCN(Cc2cc3ccccc3cc2N)CC1. The Bertz CT molecular complexity index is 586. The first kappa shape index (κ1) is 13.4. The van der Waals surface area contributed by atoms with Crippen LogP contribution in [0.25, 0.3) is 10.8 Å². The van der Waals surface area contributed by atoms with Gasteiger partial charge in [-0.1, -0.05) is 31.2 Å². The number of anilines is 1. The number of hydrogen-bond donors (Lipinski definition) is 1. The Morgan fingerprint density at radius 1 is 0.950 bits per heavy atom. The molecular weight excluding hydrogens is 246 g/mol. The van der Waals surface area contributed by atoms with Crippen molar-refractivity contribution in [3.05, 3.63) is 42.0 Å². The molecule has 1 aliphatic rings. The molecule has 3 heteroatoms. The van der Waals surface area contributed by atoms with E-state index in [0.717, 1.165) is 31.9 Å². The predicted molar refractivity (Wildman–Crippen MR) is 85.8 cm³/mol. The number of nitrogens with zero attached hydrogens (tertiary/aromatic N) is 2. The van der Waals surface area contributed by atoms with E-state index in [9.17, 15) is 0 Å². The minimum absolute atomic E-state index is 0.918. The number of hydrogen-bond acceptors (Lipinski definition) is 3. The van der Waals surface area contributed by atoms with Crippen molar-refractivity contribution in [1.29, 1.82) is 0 Å². The summed E-state index contributed by atoms with van der Waals surface area (Å²) in [4.78, 5) is 5.01. The van der Waals surface area contributed by atoms with Crippen LogP contribution in [0.3, 0.4) is 0 Å². The second-order valence-electron chi connectivity index (χ2n) is 5.61. The van der Waals surface area contributed by atoms with Crippen LogP contribution in [0.1, 0.15) is 12.5 Å². The Kier molecular flexibility index (Phi) is 3.90. The number of rotatable bonds is 3. The number of fused-ring (bicyclic) bond motifs is 1. The lowest BCUT2D eigenvalue weighted by molar-refractivity contribution is 0.132. The van der Waals surface area contributed by atoms with Gasteiger partial charge in [-0.3, -0.25) is 4.90 Å². The molecule has 0 bridgehead atoms. The third kappa shape index (κ3) is 2.79. The summed E-state index contributed by atoms with van der Waals surface area (Å²) in [5.41, 5.74) is 8.40. The lowest BCUT2D eigenvalue weighted by atomic mass is 10.0. The molecule has 0 amide bonds. The maximum absolute atomic E-state index is 6.22. The fraction of sp³-hybridized carbons (Fsp3) is 0.412. The van der Waals surface area contributed by atoms with Crippen molar-refractivity contribution in [2.75, 3.05) is 38.5 Å². The van der Waals surface area contributed by atoms with Crippen LogP contribution in [0, 0.1) is 0 Å². The molecule has 2 N–H and O–H groups in total. The summed E-state index contributed by atoms with van der Waals surface area (Å²) in [6.45, 7) is 8.98. The number of likely N-dealkylation sites (N-methyl/N-ethyl adjacent to an activating group) is 1. The quantitative estimate of drug-likeness (QED) is 0.869. The predicted octanol–water partition coefficient (Wildman–Crippen LogP) is 2.56. The number of nitrogens with two attached hydrogens (primary N) is 1. The lowest BCUT2D eigenvalue weighted by Crippen LogP contribution is -2.45. The summed E-state index contributed by atoms with van der Waals surface area (Å²) in [5, 5.41) is 2.51. The molecule has 20 heavy (non-hydrogen) atoms. The maximum Gasteiger partial charge on any atom is 0.0366 e. The molecule has 0 spiro atoms. The lowest BCUT2D eigenvalue weighted by Gasteiger charge is -2.34. The van der Waals surface area contributed by atoms with Gasteiger partial charge in [0.15, 0.2) is 0 Å². The Balaban J connectivity index is 1.76. The second kappa shape index (κ2) is 5.81. The molecule has 0 radical (unpaired) electrons. The zero-order chi connectivity index (χ0) is 13.9. The molecule has 0 unspecified atom stereocenters. The average Bonchev–Trinajstić information content (AvgIpc) is 2.49. The van der Waals surface area contributed by atoms with E-state index in [-0.39, 0.29) is 0 Å². The Labute approximate surface area is 121 Å². The zero-order valence-electron chi connectivity index (χ0n) is 12.2. The van der Waals surface area contributed by atoms with E-state index < -0.39 is 0 Å². The zero-order valence-corrected chi connectivity index (χ0v) is 12.2. The van der Waals surface area contributed by atoms with E-state index in [1.807, 2.05) is 0 Å². The first-order chi connectivity index (χ1) is 9.76. The molecule has 1 aliphatic heterocycles. The second-order valence-corrected chi connectivity index (χ2v) is 5.61. The van der Waals surface area contributed by atoms with Crippen LogP contribution in [-0.2, 0) is 6.54 Å². The summed E-state index contributed by atoms with van der Waals surface area (Å²) in [7, 11) is 0. The average molecular weight is 269 g/mol. The number of benzene rings is 2. The van der Waals surface area contributed by atoms with E-state index in [1.54, 1.807) is 0 Å². The first-order valence-corrected chi connectivity index (χ1v) is 7.48. The van der Waals surface area contributed by atoms with Crippen LogP contribution in [0.5, 0.6) is 0 Å². The van der Waals surface area contributed by atoms with E-state index in [0.29, 0.717) is 0 Å². The van der Waals surface area contributed by atoms with Gasteiger partial charge in [0.2, 0.25) is 0 Å². The topological polar surface area (TPSA) is 32.5 Å². The van der Waals surface area contributed by atoms with E-state index in [1.165, 1.54) is 29.4 Å². The molecule has 0 atom stereocenters. The molecule has 0 saturated carbocycles. The molecule has 0 aliphatic carbocycles. The first-order valence-electron chi connectivity index (χ1n) is 7.48. The van der Waals surface area contributed by atoms with Gasteiger partial charge in [0.05, 0.1) is 0 Å². The van der Waals surface area contributed by atoms with Gasteiger partial charge in [0, 0.05) is 38.4 Å². The van der Waals surface area contributed by atoms with Crippen LogP contribution in [-0.4, -0.2) is 42.5 Å². The van der Waals surface area contributed by atoms with Gasteiger partial charge in [0.25, 0.3) is 0 Å². The van der Waals surface area contributed by atoms with Crippen LogP contribution in [0.2, 0.25) is 0 Å². The van der Waals surface area contributed by atoms with Crippen LogP contribution in [0.15, 0.2) is 36.4 Å². The Morgan fingerprint density at radius 2 is 1.55 bits per heavy atom. The normalized spacial score (nSPS) is 17.6. The monoisotopic (exact) mass is 269 g/mol. The van der Waals surface area contributed by atoms with Crippen molar-refractivity contribution >= 4 is 16.5 Å². The van der Waals surface area contributed by atoms with Gasteiger partial charge in [-0.25, -0.2) is 0 Å². The Morgan fingerprint density at radius 3 is 2.20 bits per heavy atom. The standard InChI is InChI=1S/C17H23N3/c1-2-19-7-9-20(10-8-19)13-16-11-14-5-3-4-6-15(14)12-17(16)18/h3-6,11-12H,2,7-10,13,18H2,1H3. The number of nitrogen functional groups attached to an aromatic ring is 1. The molecule has 106 valence electrons. The molecule has 0 aromatic heterocycles. The third-order valence-corrected chi connectivity index (χ3v) is 4.31. The van der Waals surface area contributed by atoms with Crippen molar-refractivity contribution in [2.45, 2.75) is 13.5 Å². The fourth-order valence-corrected chi connectivity index (χ4v) is 2.95. The van der Waals surface area contributed by atoms with Crippen molar-refractivity contribution in [3.8, 4) is 0 Å². The largest absolute Gasteiger partial charge is 0.398 e. The summed E-state index contributed by atoms with van der Waals surface area (Å²) in [5.74, 6) is 0. The van der Waals surface area contributed by atoms with Gasteiger partial charge >= 0.3 is 0 Å². The van der Waals surface area contributed by atoms with Crippen LogP contribution < -0.4 is 5.73 Å². The molecule has 3 nitrogen and oxygen atoms in total. The van der Waals surface area contributed by atoms with E-state index >= 15 is 0 Å². The van der Waals surface area contributed by atoms with Crippen LogP contribution in [0.4, 0.5) is 5.69 Å². The molecule has 1 fully saturated rings. The van der Waals surface area contributed by atoms with E-state index in [4.69, 9.17) is 5.73 Å². The number of piperazine rings is 1. The molecule has 2 aromatic rings. The van der Waals surface area contributed by atoms with Crippen molar-refractivity contribution in [2.24, 2.45) is 0 Å². The maximum atomic E-state index is 6.22. The molecule has 3 rings (SSSR count). The van der Waals surface area contributed by atoms with Gasteiger partial charge in [0.1, 0.15) is 0 Å². The molecule has 2 aromatic carbocycles. The highest BCUT2D eigenvalue weighted by Gasteiger charge is 2.16. The van der Waals surface area contributed by atoms with Crippen LogP contribution >= 0.6 is 0 Å². The fourth-order valence-electron chi connectivity index (χ4n) is 2.95. The highest BCUT2D eigenvalue weighted by atomic mass is 15.3. The highest BCUT2D eigenvalue weighted by Crippen LogP contribution is 2.23. The highest BCUT2D eigenvalue weighted by molar-refractivity contribution is 5.86. The van der Waals surface area contributed by atoms with Gasteiger partial charge < -0.3 is 10.6 Å². The minimum Gasteiger partial charge on any atom is -0.398 e. The minimum atomic E-state index is 0.918. The van der Waals surface area contributed by atoms with Gasteiger partial charge in [-0.2, -0.15) is 0 Å². The smallest absolute Gasteiger partial charge is 0.0366 e. The van der Waals surface area contributed by atoms with Crippen molar-refractivity contribution < 1.29 is 0 Å². The molecular formula is C17H23N3. The summed E-state index contributed by atoms with van der Waals surface area (Å²) in [6.07, 6.45) is 0. The third-order valence-electron chi connectivity index (χ3n) is 4.31. The summed E-state index contributed by atoms with van der Waals surface area (Å²) >= 11 is 0. The van der Waals surface area contributed by atoms with Crippen molar-refractivity contribution in [1.82, 2.24) is 9.80 Å². The molecule has 1 saturated heterocycles. The van der Waals surface area contributed by atoms with Gasteiger partial charge in [-0.05, 0) is 35.0 Å². The van der Waals surface area contributed by atoms with E-state index in [2.05, 4.69) is 53.1 Å². The summed E-state index contributed by atoms with van der Waals surface area (Å²) < 4.78 is 0. The summed E-state index contributed by atoms with van der Waals surface area (Å²) in [6, 6.07) is 12.8. The van der Waals surface area contributed by atoms with Crippen molar-refractivity contribution in [3.63, 3.8) is 0 Å². The van der Waals surface area contributed by atoms with Gasteiger partial charge in [-0.15, -0.1) is 0 Å². The molecule has 1 heterocycles. The Hall–Kier alpha value is -1.58.